The zero-order valence-electron chi connectivity index (χ0n) is 13.0. The maximum Gasteiger partial charge on any atom is 0.140 e. The summed E-state index contributed by atoms with van der Waals surface area (Å²) in [5.41, 5.74) is 6.69. The second-order valence-electron chi connectivity index (χ2n) is 5.91. The number of rotatable bonds is 1. The summed E-state index contributed by atoms with van der Waals surface area (Å²) < 4.78 is 13.5. The van der Waals surface area contributed by atoms with Crippen molar-refractivity contribution in [3.05, 3.63) is 47.4 Å². The van der Waals surface area contributed by atoms with Crippen molar-refractivity contribution in [1.29, 1.82) is 5.26 Å². The average molecular weight is 321 g/mol. The highest BCUT2D eigenvalue weighted by Gasteiger charge is 2.28. The van der Waals surface area contributed by atoms with Gasteiger partial charge in [-0.2, -0.15) is 5.26 Å². The SMILES string of the molecule is N#Cc1cc(-c2ccnc(N)c2C#CC2(O)CCCC2)ccc1F. The Hall–Kier alpha value is -2.89. The van der Waals surface area contributed by atoms with Crippen molar-refractivity contribution >= 4 is 5.82 Å². The molecule has 4 nitrogen and oxygen atoms in total. The Morgan fingerprint density at radius 1 is 1.25 bits per heavy atom. The highest BCUT2D eigenvalue weighted by molar-refractivity contribution is 5.76. The van der Waals surface area contributed by atoms with Gasteiger partial charge in [0.05, 0.1) is 11.1 Å². The summed E-state index contributed by atoms with van der Waals surface area (Å²) in [6.45, 7) is 0. The molecule has 0 saturated heterocycles. The van der Waals surface area contributed by atoms with Crippen molar-refractivity contribution in [1.82, 2.24) is 4.98 Å². The molecule has 0 atom stereocenters. The average Bonchev–Trinajstić information content (AvgIpc) is 3.01. The van der Waals surface area contributed by atoms with E-state index in [1.54, 1.807) is 12.1 Å². The van der Waals surface area contributed by atoms with Crippen LogP contribution in [0, 0.1) is 29.0 Å². The van der Waals surface area contributed by atoms with Crippen LogP contribution in [-0.4, -0.2) is 15.7 Å². The van der Waals surface area contributed by atoms with Crippen LogP contribution < -0.4 is 5.73 Å². The summed E-state index contributed by atoms with van der Waals surface area (Å²) in [6, 6.07) is 7.81. The van der Waals surface area contributed by atoms with Crippen molar-refractivity contribution < 1.29 is 9.50 Å². The van der Waals surface area contributed by atoms with Crippen LogP contribution >= 0.6 is 0 Å². The Labute approximate surface area is 139 Å². The van der Waals surface area contributed by atoms with E-state index in [2.05, 4.69) is 16.8 Å². The molecule has 1 aromatic heterocycles. The molecule has 3 N–H and O–H groups in total. The summed E-state index contributed by atoms with van der Waals surface area (Å²) in [7, 11) is 0. The van der Waals surface area contributed by atoms with Gasteiger partial charge in [-0.3, -0.25) is 0 Å². The highest BCUT2D eigenvalue weighted by Crippen LogP contribution is 2.30. The smallest absolute Gasteiger partial charge is 0.140 e. The van der Waals surface area contributed by atoms with Gasteiger partial charge < -0.3 is 10.8 Å². The van der Waals surface area contributed by atoms with E-state index in [-0.39, 0.29) is 11.4 Å². The fourth-order valence-corrected chi connectivity index (χ4v) is 2.89. The van der Waals surface area contributed by atoms with Crippen LogP contribution in [0.3, 0.4) is 0 Å². The third kappa shape index (κ3) is 3.08. The number of nitrogen functional groups attached to an aromatic ring is 1. The lowest BCUT2D eigenvalue weighted by molar-refractivity contribution is 0.110. The maximum absolute atomic E-state index is 13.5. The Morgan fingerprint density at radius 3 is 2.71 bits per heavy atom. The third-order valence-electron chi connectivity index (χ3n) is 4.23. The lowest BCUT2D eigenvalue weighted by atomic mass is 9.97. The van der Waals surface area contributed by atoms with Gasteiger partial charge in [0.2, 0.25) is 0 Å². The molecule has 0 amide bonds. The zero-order valence-corrected chi connectivity index (χ0v) is 13.0. The first kappa shape index (κ1) is 16.0. The van der Waals surface area contributed by atoms with Crippen molar-refractivity contribution in [2.24, 2.45) is 0 Å². The van der Waals surface area contributed by atoms with Crippen molar-refractivity contribution in [3.63, 3.8) is 0 Å². The lowest BCUT2D eigenvalue weighted by Gasteiger charge is -2.13. The molecule has 5 heteroatoms. The van der Waals surface area contributed by atoms with E-state index < -0.39 is 11.4 Å². The molecule has 3 rings (SSSR count). The zero-order chi connectivity index (χ0) is 17.2. The van der Waals surface area contributed by atoms with Crippen LogP contribution in [0.15, 0.2) is 30.5 Å². The van der Waals surface area contributed by atoms with Gasteiger partial charge >= 0.3 is 0 Å². The van der Waals surface area contributed by atoms with Gasteiger partial charge in [-0.05, 0) is 49.4 Å². The summed E-state index contributed by atoms with van der Waals surface area (Å²) in [5, 5.41) is 19.4. The Balaban J connectivity index is 2.09. The minimum Gasteiger partial charge on any atom is -0.383 e. The summed E-state index contributed by atoms with van der Waals surface area (Å²) in [5.74, 6) is 5.53. The molecule has 0 radical (unpaired) electrons. The molecule has 120 valence electrons. The van der Waals surface area contributed by atoms with Crippen LogP contribution in [0.25, 0.3) is 11.1 Å². The lowest BCUT2D eigenvalue weighted by Crippen LogP contribution is -2.20. The van der Waals surface area contributed by atoms with Crippen LogP contribution in [-0.2, 0) is 0 Å². The van der Waals surface area contributed by atoms with Crippen LogP contribution in [0.2, 0.25) is 0 Å². The van der Waals surface area contributed by atoms with E-state index in [0.29, 0.717) is 29.5 Å². The van der Waals surface area contributed by atoms with Gasteiger partial charge in [-0.15, -0.1) is 0 Å². The molecular formula is C19H16FN3O. The predicted octanol–water partition coefficient (Wildman–Crippen LogP) is 3.00. The predicted molar refractivity (Wildman–Crippen MR) is 89.1 cm³/mol. The number of halogens is 1. The molecule has 1 fully saturated rings. The van der Waals surface area contributed by atoms with Gasteiger partial charge in [0.1, 0.15) is 23.3 Å². The molecule has 0 aliphatic heterocycles. The molecule has 1 aliphatic rings. The monoisotopic (exact) mass is 321 g/mol. The van der Waals surface area contributed by atoms with Gasteiger partial charge in [0, 0.05) is 11.8 Å². The molecule has 1 saturated carbocycles. The minimum absolute atomic E-state index is 0.0452. The summed E-state index contributed by atoms with van der Waals surface area (Å²) >= 11 is 0. The van der Waals surface area contributed by atoms with Gasteiger partial charge in [0.25, 0.3) is 0 Å². The van der Waals surface area contributed by atoms with E-state index >= 15 is 0 Å². The second kappa shape index (κ2) is 6.31. The number of nitrogens with two attached hydrogens (primary N) is 1. The number of anilines is 1. The fourth-order valence-electron chi connectivity index (χ4n) is 2.89. The molecule has 0 bridgehead atoms. The number of hydrogen-bond acceptors (Lipinski definition) is 4. The number of nitrogens with zero attached hydrogens (tertiary/aromatic N) is 2. The van der Waals surface area contributed by atoms with Crippen molar-refractivity contribution in [2.45, 2.75) is 31.3 Å². The molecule has 1 aromatic carbocycles. The number of nitriles is 1. The summed E-state index contributed by atoms with van der Waals surface area (Å²) in [4.78, 5) is 4.05. The van der Waals surface area contributed by atoms with Crippen molar-refractivity contribution in [3.8, 4) is 29.0 Å². The van der Waals surface area contributed by atoms with Crippen LogP contribution in [0.4, 0.5) is 10.2 Å². The largest absolute Gasteiger partial charge is 0.383 e. The second-order valence-corrected chi connectivity index (χ2v) is 5.91. The van der Waals surface area contributed by atoms with E-state index in [1.807, 2.05) is 6.07 Å². The quantitative estimate of drug-likeness (QED) is 0.791. The van der Waals surface area contributed by atoms with Gasteiger partial charge in [0.15, 0.2) is 0 Å². The minimum atomic E-state index is -0.986. The Kier molecular flexibility index (Phi) is 4.20. The van der Waals surface area contributed by atoms with Crippen molar-refractivity contribution in [2.75, 3.05) is 5.73 Å². The fraction of sp³-hybridized carbons (Fsp3) is 0.263. The first-order valence-electron chi connectivity index (χ1n) is 7.72. The number of aliphatic hydroxyl groups is 1. The highest BCUT2D eigenvalue weighted by atomic mass is 19.1. The van der Waals surface area contributed by atoms with E-state index in [4.69, 9.17) is 11.0 Å². The molecule has 24 heavy (non-hydrogen) atoms. The number of benzene rings is 1. The Bertz CT molecular complexity index is 884. The van der Waals surface area contributed by atoms with E-state index in [9.17, 15) is 9.50 Å². The number of hydrogen-bond donors (Lipinski definition) is 2. The molecule has 1 heterocycles. The molecule has 0 unspecified atom stereocenters. The molecule has 0 spiro atoms. The van der Waals surface area contributed by atoms with Crippen LogP contribution in [0.1, 0.15) is 36.8 Å². The third-order valence-corrected chi connectivity index (χ3v) is 4.23. The van der Waals surface area contributed by atoms with Gasteiger partial charge in [-0.25, -0.2) is 9.37 Å². The maximum atomic E-state index is 13.5. The Morgan fingerprint density at radius 2 is 2.00 bits per heavy atom. The first-order chi connectivity index (χ1) is 11.5. The molecular weight excluding hydrogens is 305 g/mol. The molecule has 2 aromatic rings. The number of aromatic nitrogens is 1. The van der Waals surface area contributed by atoms with Gasteiger partial charge in [-0.1, -0.05) is 17.9 Å². The first-order valence-corrected chi connectivity index (χ1v) is 7.72. The molecule has 1 aliphatic carbocycles. The van der Waals surface area contributed by atoms with E-state index in [1.165, 1.54) is 18.3 Å². The number of pyridine rings is 1. The van der Waals surface area contributed by atoms with Crippen LogP contribution in [0.5, 0.6) is 0 Å². The van der Waals surface area contributed by atoms with E-state index in [0.717, 1.165) is 12.8 Å². The standard InChI is InChI=1S/C19H16FN3O/c20-17-4-3-13(11-14(17)12-21)15-6-10-23-18(22)16(15)5-9-19(24)7-1-2-8-19/h3-4,6,10-11,24H,1-2,7-8H2,(H2,22,23). The normalized spacial score (nSPS) is 15.4. The topological polar surface area (TPSA) is 82.9 Å². The summed E-state index contributed by atoms with van der Waals surface area (Å²) in [6.07, 6.45) is 4.72.